The molecule has 0 saturated carbocycles. The van der Waals surface area contributed by atoms with Crippen LogP contribution < -0.4 is 4.90 Å². The van der Waals surface area contributed by atoms with Gasteiger partial charge in [0.1, 0.15) is 0 Å². The third-order valence-corrected chi connectivity index (χ3v) is 5.22. The lowest BCUT2D eigenvalue weighted by Gasteiger charge is -2.35. The van der Waals surface area contributed by atoms with Gasteiger partial charge in [0.15, 0.2) is 0 Å². The van der Waals surface area contributed by atoms with Crippen LogP contribution >= 0.6 is 0 Å². The van der Waals surface area contributed by atoms with Crippen LogP contribution in [0.3, 0.4) is 0 Å². The van der Waals surface area contributed by atoms with Crippen LogP contribution in [0.15, 0.2) is 24.3 Å². The molecular formula is C21H32N2O3. The Morgan fingerprint density at radius 3 is 2.69 bits per heavy atom. The Labute approximate surface area is 157 Å². The second-order valence-electron chi connectivity index (χ2n) is 7.69. The number of para-hydroxylation sites is 1. The van der Waals surface area contributed by atoms with Crippen molar-refractivity contribution in [2.24, 2.45) is 5.92 Å². The number of anilines is 1. The zero-order chi connectivity index (χ0) is 18.4. The summed E-state index contributed by atoms with van der Waals surface area (Å²) in [5, 5.41) is 0. The first-order valence-corrected chi connectivity index (χ1v) is 9.97. The number of nitrogens with zero attached hydrogens (tertiary/aromatic N) is 2. The summed E-state index contributed by atoms with van der Waals surface area (Å²) in [5.74, 6) is 0.848. The van der Waals surface area contributed by atoms with E-state index in [1.165, 1.54) is 6.42 Å². The summed E-state index contributed by atoms with van der Waals surface area (Å²) >= 11 is 0. The Morgan fingerprint density at radius 1 is 1.15 bits per heavy atom. The highest BCUT2D eigenvalue weighted by molar-refractivity contribution is 6.00. The van der Waals surface area contributed by atoms with Gasteiger partial charge >= 0.3 is 0 Å². The monoisotopic (exact) mass is 360 g/mol. The molecular weight excluding hydrogens is 328 g/mol. The molecule has 0 aliphatic carbocycles. The van der Waals surface area contributed by atoms with E-state index >= 15 is 0 Å². The van der Waals surface area contributed by atoms with Crippen LogP contribution in [0.25, 0.3) is 0 Å². The highest BCUT2D eigenvalue weighted by Crippen LogP contribution is 2.24. The minimum atomic E-state index is 0.129. The maximum atomic E-state index is 13.2. The van der Waals surface area contributed by atoms with Crippen molar-refractivity contribution in [3.63, 3.8) is 0 Å². The van der Waals surface area contributed by atoms with Crippen molar-refractivity contribution >= 4 is 11.6 Å². The van der Waals surface area contributed by atoms with Gasteiger partial charge in [-0.1, -0.05) is 38.8 Å². The molecule has 5 nitrogen and oxygen atoms in total. The van der Waals surface area contributed by atoms with E-state index in [1.807, 2.05) is 23.1 Å². The predicted molar refractivity (Wildman–Crippen MR) is 104 cm³/mol. The molecule has 5 heteroatoms. The van der Waals surface area contributed by atoms with Crippen LogP contribution in [0.5, 0.6) is 0 Å². The van der Waals surface area contributed by atoms with E-state index < -0.39 is 0 Å². The second kappa shape index (κ2) is 9.38. The number of carbonyl (C=O) groups is 1. The lowest BCUT2D eigenvalue weighted by molar-refractivity contribution is -0.0260. The van der Waals surface area contributed by atoms with Gasteiger partial charge in [-0.3, -0.25) is 4.79 Å². The van der Waals surface area contributed by atoms with Gasteiger partial charge in [-0.05, 0) is 24.5 Å². The molecule has 2 saturated heterocycles. The van der Waals surface area contributed by atoms with Crippen molar-refractivity contribution in [3.05, 3.63) is 29.8 Å². The van der Waals surface area contributed by atoms with Gasteiger partial charge in [0.05, 0.1) is 31.5 Å². The minimum absolute atomic E-state index is 0.129. The highest BCUT2D eigenvalue weighted by Gasteiger charge is 2.27. The number of ether oxygens (including phenoxy) is 2. The van der Waals surface area contributed by atoms with Gasteiger partial charge in [-0.25, -0.2) is 0 Å². The molecule has 3 rings (SSSR count). The topological polar surface area (TPSA) is 42.0 Å². The second-order valence-corrected chi connectivity index (χ2v) is 7.69. The summed E-state index contributed by atoms with van der Waals surface area (Å²) in [6.45, 7) is 9.63. The van der Waals surface area contributed by atoms with E-state index in [9.17, 15) is 4.79 Å². The summed E-state index contributed by atoms with van der Waals surface area (Å²) in [4.78, 5) is 17.4. The van der Waals surface area contributed by atoms with Gasteiger partial charge in [-0.15, -0.1) is 0 Å². The van der Waals surface area contributed by atoms with Crippen molar-refractivity contribution in [3.8, 4) is 0 Å². The average Bonchev–Trinajstić information content (AvgIpc) is 2.68. The average molecular weight is 360 g/mol. The fourth-order valence-corrected chi connectivity index (χ4v) is 3.74. The quantitative estimate of drug-likeness (QED) is 0.781. The zero-order valence-corrected chi connectivity index (χ0v) is 16.2. The molecule has 2 fully saturated rings. The molecule has 0 N–H and O–H groups in total. The summed E-state index contributed by atoms with van der Waals surface area (Å²) in [6.07, 6.45) is 3.58. The fourth-order valence-electron chi connectivity index (χ4n) is 3.74. The molecule has 0 radical (unpaired) electrons. The van der Waals surface area contributed by atoms with Crippen molar-refractivity contribution in [2.45, 2.75) is 39.2 Å². The van der Waals surface area contributed by atoms with Crippen LogP contribution in [-0.2, 0) is 9.47 Å². The third kappa shape index (κ3) is 4.98. The molecule has 1 atom stereocenters. The number of rotatable bonds is 6. The summed E-state index contributed by atoms with van der Waals surface area (Å²) < 4.78 is 11.4. The van der Waals surface area contributed by atoms with Gasteiger partial charge < -0.3 is 19.3 Å². The fraction of sp³-hybridized carbons (Fsp3) is 0.667. The normalized spacial score (nSPS) is 21.3. The van der Waals surface area contributed by atoms with Crippen molar-refractivity contribution in [1.82, 2.24) is 4.90 Å². The molecule has 0 aromatic heterocycles. The maximum Gasteiger partial charge on any atom is 0.256 e. The van der Waals surface area contributed by atoms with Gasteiger partial charge in [0.25, 0.3) is 5.91 Å². The van der Waals surface area contributed by atoms with Gasteiger partial charge in [-0.2, -0.15) is 0 Å². The van der Waals surface area contributed by atoms with Gasteiger partial charge in [0.2, 0.25) is 0 Å². The molecule has 1 aromatic rings. The highest BCUT2D eigenvalue weighted by atomic mass is 16.5. The Hall–Kier alpha value is -1.59. The first kappa shape index (κ1) is 19.2. The van der Waals surface area contributed by atoms with Crippen molar-refractivity contribution < 1.29 is 14.3 Å². The number of carbonyl (C=O) groups excluding carboxylic acids is 1. The van der Waals surface area contributed by atoms with Crippen molar-refractivity contribution in [1.29, 1.82) is 0 Å². The number of morpholine rings is 2. The molecule has 144 valence electrons. The molecule has 2 aliphatic heterocycles. The molecule has 2 heterocycles. The zero-order valence-electron chi connectivity index (χ0n) is 16.2. The van der Waals surface area contributed by atoms with Crippen LogP contribution in [0.1, 0.15) is 43.5 Å². The Bertz CT molecular complexity index is 584. The molecule has 2 aliphatic rings. The van der Waals surface area contributed by atoms with E-state index in [1.54, 1.807) is 0 Å². The van der Waals surface area contributed by atoms with Crippen LogP contribution in [0, 0.1) is 5.92 Å². The van der Waals surface area contributed by atoms with E-state index in [0.717, 1.165) is 56.3 Å². The lowest BCUT2D eigenvalue weighted by Crippen LogP contribution is -2.46. The van der Waals surface area contributed by atoms with Crippen LogP contribution in [0.2, 0.25) is 0 Å². The SMILES string of the molecule is CC(C)CCCC1CN(C(=O)c2ccccc2N2CCOCC2)CCO1. The molecule has 1 aromatic carbocycles. The smallest absolute Gasteiger partial charge is 0.256 e. The molecule has 1 unspecified atom stereocenters. The van der Waals surface area contributed by atoms with Crippen molar-refractivity contribution in [2.75, 3.05) is 50.9 Å². The van der Waals surface area contributed by atoms with E-state index in [0.29, 0.717) is 19.7 Å². The first-order valence-electron chi connectivity index (χ1n) is 9.97. The molecule has 0 spiro atoms. The first-order chi connectivity index (χ1) is 12.6. The third-order valence-electron chi connectivity index (χ3n) is 5.22. The number of hydrogen-bond acceptors (Lipinski definition) is 4. The van der Waals surface area contributed by atoms with Crippen LogP contribution in [0.4, 0.5) is 5.69 Å². The number of amides is 1. The Balaban J connectivity index is 1.65. The minimum Gasteiger partial charge on any atom is -0.378 e. The molecule has 0 bridgehead atoms. The lowest BCUT2D eigenvalue weighted by atomic mass is 10.0. The molecule has 26 heavy (non-hydrogen) atoms. The number of hydrogen-bond donors (Lipinski definition) is 0. The van der Waals surface area contributed by atoms with E-state index in [-0.39, 0.29) is 12.0 Å². The largest absolute Gasteiger partial charge is 0.378 e. The summed E-state index contributed by atoms with van der Waals surface area (Å²) in [5.41, 5.74) is 1.83. The number of benzene rings is 1. The van der Waals surface area contributed by atoms with Crippen LogP contribution in [-0.4, -0.2) is 62.9 Å². The standard InChI is InChI=1S/C21H32N2O3/c1-17(2)6-5-7-18-16-23(12-15-26-18)21(24)19-8-3-4-9-20(19)22-10-13-25-14-11-22/h3-4,8-9,17-18H,5-7,10-16H2,1-2H3. The Kier molecular flexibility index (Phi) is 6.92. The predicted octanol–water partition coefficient (Wildman–Crippen LogP) is 3.19. The maximum absolute atomic E-state index is 13.2. The van der Waals surface area contributed by atoms with Gasteiger partial charge in [0, 0.05) is 31.9 Å². The summed E-state index contributed by atoms with van der Waals surface area (Å²) in [6, 6.07) is 7.98. The van der Waals surface area contributed by atoms with E-state index in [4.69, 9.17) is 9.47 Å². The summed E-state index contributed by atoms with van der Waals surface area (Å²) in [7, 11) is 0. The van der Waals surface area contributed by atoms with E-state index in [2.05, 4.69) is 24.8 Å². The Morgan fingerprint density at radius 2 is 1.92 bits per heavy atom. The molecule has 1 amide bonds.